The molecule has 2 amide bonds. The molecule has 1 aromatic heterocycles. The average molecular weight is 337 g/mol. The molecule has 120 valence electrons. The fourth-order valence-electron chi connectivity index (χ4n) is 3.05. The highest BCUT2D eigenvalue weighted by atomic mass is 32.1. The van der Waals surface area contributed by atoms with E-state index < -0.39 is 0 Å². The van der Waals surface area contributed by atoms with E-state index in [1.165, 1.54) is 11.3 Å². The van der Waals surface area contributed by atoms with Gasteiger partial charge in [-0.05, 0) is 11.5 Å². The third-order valence-electron chi connectivity index (χ3n) is 4.22. The van der Waals surface area contributed by atoms with Crippen molar-refractivity contribution in [1.82, 2.24) is 4.98 Å². The summed E-state index contributed by atoms with van der Waals surface area (Å²) in [6.45, 7) is 0.393. The minimum Gasteiger partial charge on any atom is -0.311 e. The molecule has 0 radical (unpaired) electrons. The van der Waals surface area contributed by atoms with Crippen LogP contribution in [0.1, 0.15) is 6.42 Å². The van der Waals surface area contributed by atoms with Crippen LogP contribution in [-0.2, 0) is 9.59 Å². The monoisotopic (exact) mass is 337 g/mol. The number of hydrogen-bond acceptors (Lipinski definition) is 4. The Hall–Kier alpha value is -2.73. The van der Waals surface area contributed by atoms with E-state index >= 15 is 0 Å². The molecule has 2 heterocycles. The lowest BCUT2D eigenvalue weighted by Gasteiger charge is -2.18. The average Bonchev–Trinajstić information content (AvgIpc) is 3.24. The normalized spacial score (nSPS) is 17.4. The van der Waals surface area contributed by atoms with E-state index in [0.717, 1.165) is 16.5 Å². The molecule has 1 atom stereocenters. The van der Waals surface area contributed by atoms with Gasteiger partial charge >= 0.3 is 0 Å². The van der Waals surface area contributed by atoms with Crippen LogP contribution in [-0.4, -0.2) is 23.3 Å². The van der Waals surface area contributed by atoms with Gasteiger partial charge in [0.2, 0.25) is 11.8 Å². The van der Waals surface area contributed by atoms with Gasteiger partial charge < -0.3 is 10.2 Å². The van der Waals surface area contributed by atoms with Crippen molar-refractivity contribution in [1.29, 1.82) is 0 Å². The summed E-state index contributed by atoms with van der Waals surface area (Å²) in [6, 6.07) is 13.8. The molecule has 1 fully saturated rings. The first-order valence-corrected chi connectivity index (χ1v) is 8.59. The number of anilines is 2. The molecule has 3 aromatic rings. The predicted molar refractivity (Wildman–Crippen MR) is 95.2 cm³/mol. The fourth-order valence-corrected chi connectivity index (χ4v) is 3.58. The van der Waals surface area contributed by atoms with Gasteiger partial charge in [0.1, 0.15) is 0 Å². The quantitative estimate of drug-likeness (QED) is 0.798. The zero-order valence-electron chi connectivity index (χ0n) is 12.8. The number of thiazole rings is 1. The molecule has 4 rings (SSSR count). The minimum atomic E-state index is -0.361. The molecule has 1 aliphatic heterocycles. The van der Waals surface area contributed by atoms with Gasteiger partial charge in [-0.1, -0.05) is 36.4 Å². The van der Waals surface area contributed by atoms with Gasteiger partial charge in [-0.15, -0.1) is 11.3 Å². The van der Waals surface area contributed by atoms with Crippen molar-refractivity contribution in [3.63, 3.8) is 0 Å². The Bertz CT molecular complexity index is 902. The summed E-state index contributed by atoms with van der Waals surface area (Å²) in [7, 11) is 0. The van der Waals surface area contributed by atoms with Gasteiger partial charge in [0.05, 0.1) is 11.6 Å². The summed E-state index contributed by atoms with van der Waals surface area (Å²) in [4.78, 5) is 30.6. The van der Waals surface area contributed by atoms with Crippen LogP contribution in [0.3, 0.4) is 0 Å². The third-order valence-corrected chi connectivity index (χ3v) is 4.90. The number of amides is 2. The Balaban J connectivity index is 1.58. The van der Waals surface area contributed by atoms with Crippen molar-refractivity contribution in [2.75, 3.05) is 16.8 Å². The molecule has 0 aliphatic carbocycles. The Morgan fingerprint density at radius 3 is 2.88 bits per heavy atom. The molecular weight excluding hydrogens is 322 g/mol. The standard InChI is InChI=1S/C18H15N3O2S/c22-16-10-13(17(23)20-18-19-8-9-24-18)11-21(16)15-7-3-5-12-4-1-2-6-14(12)15/h1-9,13H,10-11H2,(H,19,20,23)/t13-/m1/s1. The molecule has 1 aliphatic rings. The van der Waals surface area contributed by atoms with Crippen LogP contribution in [0.4, 0.5) is 10.8 Å². The van der Waals surface area contributed by atoms with Gasteiger partial charge in [-0.25, -0.2) is 4.98 Å². The van der Waals surface area contributed by atoms with Gasteiger partial charge in [-0.3, -0.25) is 9.59 Å². The number of nitrogens with one attached hydrogen (secondary N) is 1. The molecule has 1 N–H and O–H groups in total. The van der Waals surface area contributed by atoms with E-state index in [0.29, 0.717) is 11.7 Å². The Morgan fingerprint density at radius 2 is 2.04 bits per heavy atom. The van der Waals surface area contributed by atoms with E-state index in [2.05, 4.69) is 10.3 Å². The zero-order chi connectivity index (χ0) is 16.5. The second-order valence-electron chi connectivity index (χ2n) is 5.73. The van der Waals surface area contributed by atoms with Crippen LogP contribution in [0.25, 0.3) is 10.8 Å². The molecule has 5 nitrogen and oxygen atoms in total. The summed E-state index contributed by atoms with van der Waals surface area (Å²) in [6.07, 6.45) is 1.86. The lowest BCUT2D eigenvalue weighted by molar-refractivity contribution is -0.122. The maximum Gasteiger partial charge on any atom is 0.231 e. The first-order valence-electron chi connectivity index (χ1n) is 7.71. The second kappa shape index (κ2) is 6.05. The van der Waals surface area contributed by atoms with E-state index in [9.17, 15) is 9.59 Å². The number of carbonyl (C=O) groups is 2. The van der Waals surface area contributed by atoms with Crippen molar-refractivity contribution in [3.8, 4) is 0 Å². The number of fused-ring (bicyclic) bond motifs is 1. The molecule has 1 saturated heterocycles. The fraction of sp³-hybridized carbons (Fsp3) is 0.167. The van der Waals surface area contributed by atoms with E-state index in [-0.39, 0.29) is 24.2 Å². The summed E-state index contributed by atoms with van der Waals surface area (Å²) in [5, 5.41) is 7.26. The van der Waals surface area contributed by atoms with Crippen molar-refractivity contribution in [3.05, 3.63) is 54.0 Å². The summed E-state index contributed by atoms with van der Waals surface area (Å²) in [5.74, 6) is -0.535. The zero-order valence-corrected chi connectivity index (χ0v) is 13.6. The van der Waals surface area contributed by atoms with E-state index in [4.69, 9.17) is 0 Å². The minimum absolute atomic E-state index is 0.0226. The smallest absolute Gasteiger partial charge is 0.231 e. The highest BCUT2D eigenvalue weighted by Crippen LogP contribution is 2.32. The summed E-state index contributed by atoms with van der Waals surface area (Å²) >= 11 is 1.37. The molecule has 0 spiro atoms. The highest BCUT2D eigenvalue weighted by Gasteiger charge is 2.35. The molecule has 0 saturated carbocycles. The molecule has 6 heteroatoms. The van der Waals surface area contributed by atoms with Crippen molar-refractivity contribution < 1.29 is 9.59 Å². The number of hydrogen-bond donors (Lipinski definition) is 1. The lowest BCUT2D eigenvalue weighted by atomic mass is 10.1. The Morgan fingerprint density at radius 1 is 1.21 bits per heavy atom. The Labute approximate surface area is 142 Å². The van der Waals surface area contributed by atoms with E-state index in [1.54, 1.807) is 16.5 Å². The Kier molecular flexibility index (Phi) is 3.74. The maximum atomic E-state index is 12.5. The van der Waals surface area contributed by atoms with Crippen LogP contribution in [0, 0.1) is 5.92 Å². The predicted octanol–water partition coefficient (Wildman–Crippen LogP) is 3.29. The molecular formula is C18H15N3O2S. The number of benzene rings is 2. The van der Waals surface area contributed by atoms with Crippen molar-refractivity contribution in [2.24, 2.45) is 5.92 Å². The van der Waals surface area contributed by atoms with Crippen LogP contribution in [0.15, 0.2) is 54.0 Å². The second-order valence-corrected chi connectivity index (χ2v) is 6.62. The number of carbonyl (C=O) groups excluding carboxylic acids is 2. The highest BCUT2D eigenvalue weighted by molar-refractivity contribution is 7.13. The van der Waals surface area contributed by atoms with Gasteiger partial charge in [-0.2, -0.15) is 0 Å². The van der Waals surface area contributed by atoms with Crippen molar-refractivity contribution >= 4 is 44.7 Å². The van der Waals surface area contributed by atoms with Crippen LogP contribution in [0.5, 0.6) is 0 Å². The van der Waals surface area contributed by atoms with Gasteiger partial charge in [0.25, 0.3) is 0 Å². The first kappa shape index (κ1) is 14.8. The largest absolute Gasteiger partial charge is 0.311 e. The first-order chi connectivity index (χ1) is 11.7. The number of rotatable bonds is 3. The molecule has 2 aromatic carbocycles. The van der Waals surface area contributed by atoms with Crippen LogP contribution < -0.4 is 10.2 Å². The van der Waals surface area contributed by atoms with E-state index in [1.807, 2.05) is 42.5 Å². The molecule has 0 bridgehead atoms. The topological polar surface area (TPSA) is 62.3 Å². The van der Waals surface area contributed by atoms with Crippen molar-refractivity contribution in [2.45, 2.75) is 6.42 Å². The molecule has 24 heavy (non-hydrogen) atoms. The maximum absolute atomic E-state index is 12.5. The SMILES string of the molecule is O=C(Nc1nccs1)[C@@H]1CC(=O)N(c2cccc3ccccc23)C1. The number of aromatic nitrogens is 1. The number of nitrogens with zero attached hydrogens (tertiary/aromatic N) is 2. The van der Waals surface area contributed by atoms with Gasteiger partial charge in [0, 0.05) is 29.9 Å². The summed E-state index contributed by atoms with van der Waals surface area (Å²) < 4.78 is 0. The lowest BCUT2D eigenvalue weighted by Crippen LogP contribution is -2.28. The summed E-state index contributed by atoms with van der Waals surface area (Å²) in [5.41, 5.74) is 0.864. The molecule has 0 unspecified atom stereocenters. The van der Waals surface area contributed by atoms with Gasteiger partial charge in [0.15, 0.2) is 5.13 Å². The van der Waals surface area contributed by atoms with Crippen LogP contribution >= 0.6 is 11.3 Å². The third kappa shape index (κ3) is 2.65. The van der Waals surface area contributed by atoms with Crippen LogP contribution in [0.2, 0.25) is 0 Å².